The van der Waals surface area contributed by atoms with Gasteiger partial charge < -0.3 is 14.7 Å². The van der Waals surface area contributed by atoms with Crippen molar-refractivity contribution in [2.45, 2.75) is 77.4 Å². The minimum atomic E-state index is -0.340. The number of aromatic nitrogens is 3. The predicted molar refractivity (Wildman–Crippen MR) is 102 cm³/mol. The summed E-state index contributed by atoms with van der Waals surface area (Å²) in [5, 5.41) is 7.01. The van der Waals surface area contributed by atoms with Gasteiger partial charge in [-0.3, -0.25) is 4.98 Å². The van der Waals surface area contributed by atoms with Crippen molar-refractivity contribution >= 4 is 6.03 Å². The minimum absolute atomic E-state index is 0.107. The van der Waals surface area contributed by atoms with Gasteiger partial charge in [-0.1, -0.05) is 44.3 Å². The summed E-state index contributed by atoms with van der Waals surface area (Å²) >= 11 is 0. The Balaban J connectivity index is 1.71. The van der Waals surface area contributed by atoms with Gasteiger partial charge in [-0.2, -0.15) is 4.98 Å². The van der Waals surface area contributed by atoms with Crippen LogP contribution in [0.25, 0.3) is 0 Å². The van der Waals surface area contributed by atoms with E-state index in [1.165, 1.54) is 6.42 Å². The molecule has 7 nitrogen and oxygen atoms in total. The van der Waals surface area contributed by atoms with Crippen LogP contribution in [0.15, 0.2) is 28.9 Å². The molecule has 3 rings (SSSR count). The Morgan fingerprint density at radius 3 is 2.67 bits per heavy atom. The van der Waals surface area contributed by atoms with E-state index in [1.54, 1.807) is 6.20 Å². The first kappa shape index (κ1) is 19.3. The fourth-order valence-electron chi connectivity index (χ4n) is 3.41. The molecule has 146 valence electrons. The number of urea groups is 1. The smallest absolute Gasteiger partial charge is 0.318 e. The Kier molecular flexibility index (Phi) is 6.42. The quantitative estimate of drug-likeness (QED) is 0.823. The van der Waals surface area contributed by atoms with E-state index in [2.05, 4.69) is 20.4 Å². The highest BCUT2D eigenvalue weighted by molar-refractivity contribution is 5.75. The highest BCUT2D eigenvalue weighted by atomic mass is 16.5. The van der Waals surface area contributed by atoms with Crippen molar-refractivity contribution in [2.24, 2.45) is 0 Å². The van der Waals surface area contributed by atoms with Gasteiger partial charge in [0.15, 0.2) is 5.82 Å². The van der Waals surface area contributed by atoms with Crippen LogP contribution in [0.4, 0.5) is 4.79 Å². The highest BCUT2D eigenvalue weighted by Crippen LogP contribution is 2.24. The number of hydrogen-bond acceptors (Lipinski definition) is 5. The maximum absolute atomic E-state index is 13.1. The van der Waals surface area contributed by atoms with Crippen molar-refractivity contribution < 1.29 is 9.32 Å². The molecule has 7 heteroatoms. The van der Waals surface area contributed by atoms with Crippen LogP contribution in [-0.2, 0) is 6.54 Å². The zero-order valence-electron chi connectivity index (χ0n) is 16.4. The molecule has 1 atom stereocenters. The summed E-state index contributed by atoms with van der Waals surface area (Å²) in [5.74, 6) is 1.28. The summed E-state index contributed by atoms with van der Waals surface area (Å²) < 4.78 is 5.33. The number of rotatable bonds is 6. The lowest BCUT2D eigenvalue weighted by Gasteiger charge is -2.34. The topological polar surface area (TPSA) is 84.2 Å². The van der Waals surface area contributed by atoms with Crippen LogP contribution in [0.1, 0.15) is 82.2 Å². The second-order valence-corrected chi connectivity index (χ2v) is 7.56. The Labute approximate surface area is 160 Å². The summed E-state index contributed by atoms with van der Waals surface area (Å²) in [5.41, 5.74) is 0.894. The van der Waals surface area contributed by atoms with E-state index < -0.39 is 0 Å². The predicted octanol–water partition coefficient (Wildman–Crippen LogP) is 4.19. The zero-order chi connectivity index (χ0) is 19.2. The third-order valence-corrected chi connectivity index (χ3v) is 5.02. The Morgan fingerprint density at radius 2 is 2.04 bits per heavy atom. The van der Waals surface area contributed by atoms with Gasteiger partial charge in [-0.15, -0.1) is 0 Å². The average molecular weight is 371 g/mol. The normalized spacial score (nSPS) is 16.3. The van der Waals surface area contributed by atoms with Crippen molar-refractivity contribution in [3.05, 3.63) is 41.8 Å². The molecule has 0 saturated heterocycles. The van der Waals surface area contributed by atoms with E-state index in [-0.39, 0.29) is 24.0 Å². The van der Waals surface area contributed by atoms with Crippen LogP contribution < -0.4 is 5.32 Å². The molecule has 1 saturated carbocycles. The van der Waals surface area contributed by atoms with Crippen LogP contribution in [0, 0.1) is 0 Å². The molecule has 1 fully saturated rings. The molecule has 0 aliphatic heterocycles. The summed E-state index contributed by atoms with van der Waals surface area (Å²) in [7, 11) is 0. The molecule has 2 aromatic heterocycles. The van der Waals surface area contributed by atoms with Crippen LogP contribution >= 0.6 is 0 Å². The number of pyridine rings is 1. The summed E-state index contributed by atoms with van der Waals surface area (Å²) in [4.78, 5) is 23.8. The van der Waals surface area contributed by atoms with Gasteiger partial charge in [-0.05, 0) is 31.9 Å². The molecule has 27 heavy (non-hydrogen) atoms. The molecule has 0 aromatic carbocycles. The van der Waals surface area contributed by atoms with Gasteiger partial charge in [0.2, 0.25) is 5.89 Å². The highest BCUT2D eigenvalue weighted by Gasteiger charge is 2.28. The molecule has 0 unspecified atom stereocenters. The zero-order valence-corrected chi connectivity index (χ0v) is 16.4. The lowest BCUT2D eigenvalue weighted by molar-refractivity contribution is 0.145. The van der Waals surface area contributed by atoms with Crippen LogP contribution in [-0.4, -0.2) is 32.1 Å². The largest absolute Gasteiger partial charge is 0.337 e. The standard InChI is InChI=1S/C20H29N5O2/c1-14(2)18-23-19(27-24-18)15(3)22-20(26)25(17-10-5-4-6-11-17)13-16-9-7-8-12-21-16/h7-9,12,14-15,17H,4-6,10-11,13H2,1-3H3,(H,22,26)/t15-/m0/s1. The van der Waals surface area contributed by atoms with E-state index in [9.17, 15) is 4.79 Å². The van der Waals surface area contributed by atoms with Crippen LogP contribution in [0.2, 0.25) is 0 Å². The second-order valence-electron chi connectivity index (χ2n) is 7.56. The monoisotopic (exact) mass is 371 g/mol. The lowest BCUT2D eigenvalue weighted by atomic mass is 9.94. The third-order valence-electron chi connectivity index (χ3n) is 5.02. The first-order chi connectivity index (χ1) is 13.0. The molecule has 2 amide bonds. The molecule has 0 bridgehead atoms. The van der Waals surface area contributed by atoms with E-state index >= 15 is 0 Å². The molecule has 1 N–H and O–H groups in total. The Hall–Kier alpha value is -2.44. The molecule has 1 aliphatic carbocycles. The maximum Gasteiger partial charge on any atom is 0.318 e. The number of nitrogens with one attached hydrogen (secondary N) is 1. The number of amides is 2. The van der Waals surface area contributed by atoms with Gasteiger partial charge in [0.05, 0.1) is 12.2 Å². The SMILES string of the molecule is CC(C)c1noc([C@H](C)NC(=O)N(Cc2ccccn2)C2CCCCC2)n1. The molecule has 2 heterocycles. The first-order valence-electron chi connectivity index (χ1n) is 9.85. The van der Waals surface area contributed by atoms with Gasteiger partial charge in [0.25, 0.3) is 0 Å². The van der Waals surface area contributed by atoms with Gasteiger partial charge in [0.1, 0.15) is 6.04 Å². The summed E-state index contributed by atoms with van der Waals surface area (Å²) in [6.45, 7) is 6.39. The molecular weight excluding hydrogens is 342 g/mol. The molecule has 0 radical (unpaired) electrons. The fraction of sp³-hybridized carbons (Fsp3) is 0.600. The van der Waals surface area contributed by atoms with E-state index in [4.69, 9.17) is 4.52 Å². The fourth-order valence-corrected chi connectivity index (χ4v) is 3.41. The molecule has 0 spiro atoms. The maximum atomic E-state index is 13.1. The number of carbonyl (C=O) groups is 1. The third kappa shape index (κ3) is 5.05. The Morgan fingerprint density at radius 1 is 1.26 bits per heavy atom. The average Bonchev–Trinajstić information content (AvgIpc) is 3.18. The summed E-state index contributed by atoms with van der Waals surface area (Å²) in [6, 6.07) is 5.59. The van der Waals surface area contributed by atoms with Crippen molar-refractivity contribution in [3.63, 3.8) is 0 Å². The van der Waals surface area contributed by atoms with Crippen molar-refractivity contribution in [3.8, 4) is 0 Å². The van der Waals surface area contributed by atoms with Crippen LogP contribution in [0.3, 0.4) is 0 Å². The first-order valence-corrected chi connectivity index (χ1v) is 9.85. The van der Waals surface area contributed by atoms with E-state index in [1.807, 2.05) is 43.9 Å². The number of nitrogens with zero attached hydrogens (tertiary/aromatic N) is 4. The van der Waals surface area contributed by atoms with Crippen molar-refractivity contribution in [2.75, 3.05) is 0 Å². The molecular formula is C20H29N5O2. The van der Waals surface area contributed by atoms with Crippen molar-refractivity contribution in [1.29, 1.82) is 0 Å². The number of hydrogen-bond donors (Lipinski definition) is 1. The van der Waals surface area contributed by atoms with Gasteiger partial charge >= 0.3 is 6.03 Å². The van der Waals surface area contributed by atoms with E-state index in [0.29, 0.717) is 18.3 Å². The van der Waals surface area contributed by atoms with Gasteiger partial charge in [0, 0.05) is 18.2 Å². The lowest BCUT2D eigenvalue weighted by Crippen LogP contribution is -2.47. The molecule has 2 aromatic rings. The van der Waals surface area contributed by atoms with Crippen LogP contribution in [0.5, 0.6) is 0 Å². The summed E-state index contributed by atoms with van der Waals surface area (Å²) in [6.07, 6.45) is 7.40. The second kappa shape index (κ2) is 8.97. The number of carbonyl (C=O) groups excluding carboxylic acids is 1. The van der Waals surface area contributed by atoms with E-state index in [0.717, 1.165) is 31.4 Å². The minimum Gasteiger partial charge on any atom is -0.337 e. The Bertz CT molecular complexity index is 725. The van der Waals surface area contributed by atoms with Crippen molar-refractivity contribution in [1.82, 2.24) is 25.3 Å². The van der Waals surface area contributed by atoms with Gasteiger partial charge in [-0.25, -0.2) is 4.79 Å². The molecule has 1 aliphatic rings.